The molecule has 28 heavy (non-hydrogen) atoms. The number of anilines is 1. The Balaban J connectivity index is 0.00000392. The van der Waals surface area contributed by atoms with Crippen LogP contribution in [-0.4, -0.2) is 45.7 Å². The Bertz CT molecular complexity index is 683. The van der Waals surface area contributed by atoms with Crippen molar-refractivity contribution in [2.24, 2.45) is 11.3 Å². The molecule has 1 aromatic carbocycles. The number of amides is 2. The zero-order chi connectivity index (χ0) is 20.0. The van der Waals surface area contributed by atoms with Crippen LogP contribution in [-0.2, 0) is 4.79 Å². The van der Waals surface area contributed by atoms with Crippen molar-refractivity contribution < 1.29 is 19.1 Å². The fourth-order valence-corrected chi connectivity index (χ4v) is 2.91. The Morgan fingerprint density at radius 3 is 2.36 bits per heavy atom. The van der Waals surface area contributed by atoms with Crippen LogP contribution < -0.4 is 25.4 Å². The summed E-state index contributed by atoms with van der Waals surface area (Å²) < 4.78 is 10.6. The molecule has 3 N–H and O–H groups in total. The summed E-state index contributed by atoms with van der Waals surface area (Å²) in [5, 5.41) is 9.17. The van der Waals surface area contributed by atoms with E-state index in [4.69, 9.17) is 9.47 Å². The fraction of sp³-hybridized carbons (Fsp3) is 0.600. The Labute approximate surface area is 173 Å². The van der Waals surface area contributed by atoms with Crippen LogP contribution in [0.1, 0.15) is 44.0 Å². The van der Waals surface area contributed by atoms with Gasteiger partial charge in [0.05, 0.1) is 25.5 Å². The minimum atomic E-state index is -0.589. The van der Waals surface area contributed by atoms with Gasteiger partial charge in [0.1, 0.15) is 0 Å². The summed E-state index contributed by atoms with van der Waals surface area (Å²) in [6, 6.07) is 3.23. The molecule has 8 heteroatoms. The summed E-state index contributed by atoms with van der Waals surface area (Å²) in [4.78, 5) is 25.3. The smallest absolute Gasteiger partial charge is 0.253 e. The topological polar surface area (TPSA) is 88.7 Å². The first-order valence-electron chi connectivity index (χ1n) is 9.32. The Morgan fingerprint density at radius 1 is 1.18 bits per heavy atom. The highest BCUT2D eigenvalue weighted by molar-refractivity contribution is 6.05. The van der Waals surface area contributed by atoms with E-state index in [1.807, 2.05) is 20.8 Å². The Kier molecular flexibility index (Phi) is 9.04. The highest BCUT2D eigenvalue weighted by Gasteiger charge is 2.25. The lowest BCUT2D eigenvalue weighted by atomic mass is 9.95. The first kappa shape index (κ1) is 24.0. The molecular formula is C20H32ClN3O4. The molecule has 1 heterocycles. The molecule has 2 rings (SSSR count). The van der Waals surface area contributed by atoms with E-state index in [0.29, 0.717) is 35.2 Å². The van der Waals surface area contributed by atoms with Gasteiger partial charge in [-0.25, -0.2) is 0 Å². The van der Waals surface area contributed by atoms with Crippen LogP contribution >= 0.6 is 12.4 Å². The van der Waals surface area contributed by atoms with E-state index >= 15 is 0 Å². The van der Waals surface area contributed by atoms with Crippen molar-refractivity contribution in [3.8, 4) is 11.5 Å². The number of piperidine rings is 1. The van der Waals surface area contributed by atoms with Crippen LogP contribution in [0.5, 0.6) is 11.5 Å². The van der Waals surface area contributed by atoms with Crippen LogP contribution in [0, 0.1) is 11.3 Å². The van der Waals surface area contributed by atoms with Gasteiger partial charge in [0.25, 0.3) is 5.91 Å². The summed E-state index contributed by atoms with van der Waals surface area (Å²) >= 11 is 0. The molecule has 0 saturated carbocycles. The second-order valence-corrected chi connectivity index (χ2v) is 7.88. The van der Waals surface area contributed by atoms with E-state index in [0.717, 1.165) is 25.9 Å². The third kappa shape index (κ3) is 6.27. The predicted molar refractivity (Wildman–Crippen MR) is 113 cm³/mol. The van der Waals surface area contributed by atoms with Gasteiger partial charge in [-0.05, 0) is 37.9 Å². The highest BCUT2D eigenvalue weighted by Crippen LogP contribution is 2.34. The monoisotopic (exact) mass is 413 g/mol. The minimum Gasteiger partial charge on any atom is -0.493 e. The molecule has 0 bridgehead atoms. The lowest BCUT2D eigenvalue weighted by Crippen LogP contribution is -2.38. The number of methoxy groups -OCH3 is 2. The minimum absolute atomic E-state index is 0. The van der Waals surface area contributed by atoms with Gasteiger partial charge in [0.2, 0.25) is 5.91 Å². The molecule has 1 fully saturated rings. The molecule has 0 aromatic heterocycles. The van der Waals surface area contributed by atoms with Gasteiger partial charge in [-0.2, -0.15) is 0 Å². The van der Waals surface area contributed by atoms with Crippen molar-refractivity contribution in [2.45, 2.75) is 33.6 Å². The van der Waals surface area contributed by atoms with Gasteiger partial charge in [0.15, 0.2) is 11.5 Å². The number of nitrogens with one attached hydrogen (secondary N) is 3. The molecule has 0 spiro atoms. The van der Waals surface area contributed by atoms with Gasteiger partial charge >= 0.3 is 0 Å². The zero-order valence-electron chi connectivity index (χ0n) is 17.3. The lowest BCUT2D eigenvalue weighted by molar-refractivity contribution is -0.123. The van der Waals surface area contributed by atoms with Crippen LogP contribution in [0.15, 0.2) is 12.1 Å². The number of hydrogen-bond acceptors (Lipinski definition) is 5. The van der Waals surface area contributed by atoms with Crippen molar-refractivity contribution in [1.29, 1.82) is 0 Å². The molecule has 2 amide bonds. The van der Waals surface area contributed by atoms with E-state index < -0.39 is 5.41 Å². The Morgan fingerprint density at radius 2 is 1.82 bits per heavy atom. The number of halogens is 1. The molecular weight excluding hydrogens is 382 g/mol. The van der Waals surface area contributed by atoms with Crippen molar-refractivity contribution in [3.63, 3.8) is 0 Å². The third-order valence-electron chi connectivity index (χ3n) is 4.65. The molecule has 7 nitrogen and oxygen atoms in total. The van der Waals surface area contributed by atoms with Crippen molar-refractivity contribution in [3.05, 3.63) is 17.7 Å². The van der Waals surface area contributed by atoms with E-state index in [2.05, 4.69) is 16.0 Å². The average molecular weight is 414 g/mol. The van der Waals surface area contributed by atoms with Crippen molar-refractivity contribution in [2.75, 3.05) is 39.2 Å². The molecule has 1 atom stereocenters. The quantitative estimate of drug-likeness (QED) is 0.667. The molecule has 0 radical (unpaired) electrons. The molecule has 1 aliphatic rings. The van der Waals surface area contributed by atoms with Gasteiger partial charge < -0.3 is 25.4 Å². The largest absolute Gasteiger partial charge is 0.493 e. The SMILES string of the molecule is COc1cc(NC(=O)C(C)(C)C)c(C(=O)NCC2CCCNC2)cc1OC.Cl. The molecule has 0 aliphatic carbocycles. The molecule has 1 aliphatic heterocycles. The normalized spacial score (nSPS) is 16.5. The maximum atomic E-state index is 12.8. The summed E-state index contributed by atoms with van der Waals surface area (Å²) in [5.41, 5.74) is 0.176. The average Bonchev–Trinajstić information content (AvgIpc) is 2.65. The van der Waals surface area contributed by atoms with Crippen LogP contribution in [0.3, 0.4) is 0 Å². The first-order valence-corrected chi connectivity index (χ1v) is 9.32. The van der Waals surface area contributed by atoms with Crippen molar-refractivity contribution >= 4 is 29.9 Å². The number of carbonyl (C=O) groups is 2. The van der Waals surface area contributed by atoms with Crippen molar-refractivity contribution in [1.82, 2.24) is 10.6 Å². The van der Waals surface area contributed by atoms with Gasteiger partial charge in [-0.1, -0.05) is 20.8 Å². The lowest BCUT2D eigenvalue weighted by Gasteiger charge is -2.24. The highest BCUT2D eigenvalue weighted by atomic mass is 35.5. The second kappa shape index (κ2) is 10.5. The molecule has 1 unspecified atom stereocenters. The summed E-state index contributed by atoms with van der Waals surface area (Å²) in [6.07, 6.45) is 2.20. The number of ether oxygens (including phenoxy) is 2. The fourth-order valence-electron chi connectivity index (χ4n) is 2.91. The van der Waals surface area contributed by atoms with Gasteiger partial charge in [-0.15, -0.1) is 12.4 Å². The second-order valence-electron chi connectivity index (χ2n) is 7.88. The maximum absolute atomic E-state index is 12.8. The van der Waals surface area contributed by atoms with Gasteiger partial charge in [-0.3, -0.25) is 9.59 Å². The molecule has 1 saturated heterocycles. The van der Waals surface area contributed by atoms with E-state index in [1.54, 1.807) is 12.1 Å². The van der Waals surface area contributed by atoms with Crippen LogP contribution in [0.4, 0.5) is 5.69 Å². The van der Waals surface area contributed by atoms with E-state index in [9.17, 15) is 9.59 Å². The van der Waals surface area contributed by atoms with Crippen LogP contribution in [0.2, 0.25) is 0 Å². The van der Waals surface area contributed by atoms with Gasteiger partial charge in [0, 0.05) is 18.0 Å². The summed E-state index contributed by atoms with van der Waals surface area (Å²) in [7, 11) is 3.03. The predicted octanol–water partition coefficient (Wildman–Crippen LogP) is 2.84. The molecule has 158 valence electrons. The number of rotatable bonds is 6. The third-order valence-corrected chi connectivity index (χ3v) is 4.65. The maximum Gasteiger partial charge on any atom is 0.253 e. The summed E-state index contributed by atoms with van der Waals surface area (Å²) in [6.45, 7) is 7.98. The Hall–Kier alpha value is -1.99. The van der Waals surface area contributed by atoms with E-state index in [1.165, 1.54) is 14.2 Å². The van der Waals surface area contributed by atoms with Crippen LogP contribution in [0.25, 0.3) is 0 Å². The number of carbonyl (C=O) groups excluding carboxylic acids is 2. The molecule has 1 aromatic rings. The number of hydrogen-bond donors (Lipinski definition) is 3. The zero-order valence-corrected chi connectivity index (χ0v) is 18.1. The first-order chi connectivity index (χ1) is 12.8. The summed E-state index contributed by atoms with van der Waals surface area (Å²) in [5.74, 6) is 0.881. The standard InChI is InChI=1S/C20H31N3O4.ClH/c1-20(2,3)19(25)23-15-10-17(27-5)16(26-4)9-14(15)18(24)22-12-13-7-6-8-21-11-13;/h9-10,13,21H,6-8,11-12H2,1-5H3,(H,22,24)(H,23,25);1H. The van der Waals surface area contributed by atoms with E-state index in [-0.39, 0.29) is 24.2 Å². The number of benzene rings is 1.